The van der Waals surface area contributed by atoms with Crippen molar-refractivity contribution in [3.63, 3.8) is 0 Å². The molecule has 0 aliphatic heterocycles. The first-order valence-electron chi connectivity index (χ1n) is 8.87. The number of hydrogen-bond donors (Lipinski definition) is 1. The smallest absolute Gasteiger partial charge is 0.328 e. The van der Waals surface area contributed by atoms with Gasteiger partial charge in [-0.15, -0.1) is 10.2 Å². The highest BCUT2D eigenvalue weighted by molar-refractivity contribution is 5.80. The summed E-state index contributed by atoms with van der Waals surface area (Å²) in [5.74, 6) is -0.722. The maximum absolute atomic E-state index is 12.4. The summed E-state index contributed by atoms with van der Waals surface area (Å²) >= 11 is 0. The van der Waals surface area contributed by atoms with Gasteiger partial charge in [-0.1, -0.05) is 12.1 Å². The van der Waals surface area contributed by atoms with Crippen LogP contribution in [-0.4, -0.2) is 30.9 Å². The summed E-state index contributed by atoms with van der Waals surface area (Å²) in [6, 6.07) is 11.7. The van der Waals surface area contributed by atoms with Gasteiger partial charge in [0.05, 0.1) is 15.7 Å². The van der Waals surface area contributed by atoms with E-state index in [1.54, 1.807) is 12.1 Å². The molecule has 0 fully saturated rings. The van der Waals surface area contributed by atoms with Crippen molar-refractivity contribution in [3.05, 3.63) is 85.2 Å². The normalized spacial score (nSPS) is 10.8. The van der Waals surface area contributed by atoms with Crippen molar-refractivity contribution in [2.75, 3.05) is 0 Å². The van der Waals surface area contributed by atoms with Gasteiger partial charge in [0.25, 0.3) is 22.7 Å². The Labute approximate surface area is 171 Å². The number of nitrogens with zero attached hydrogens (tertiary/aromatic N) is 4. The van der Waals surface area contributed by atoms with Gasteiger partial charge in [0.15, 0.2) is 6.61 Å². The van der Waals surface area contributed by atoms with E-state index in [2.05, 4.69) is 15.3 Å². The molecule has 156 valence electrons. The first-order valence-corrected chi connectivity index (χ1v) is 8.87. The van der Waals surface area contributed by atoms with Gasteiger partial charge >= 0.3 is 5.97 Å². The number of aromatic nitrogens is 4. The maximum atomic E-state index is 12.4. The van der Waals surface area contributed by atoms with E-state index >= 15 is 0 Å². The van der Waals surface area contributed by atoms with Crippen LogP contribution in [0, 0.1) is 10.1 Å². The number of nitrogens with one attached hydrogen (secondary N) is 1. The lowest BCUT2D eigenvalue weighted by molar-refractivity contribution is -0.384. The molecule has 0 saturated heterocycles. The van der Waals surface area contributed by atoms with Gasteiger partial charge in [-0.05, 0) is 24.3 Å². The standard InChI is InChI=1S/C19H13N5O7/c25-16(9-23-19(27)14-4-2-1-3-13(14)17(26)22-23)30-10-15-20-21-18(31-15)11-5-7-12(8-6-11)24(28)29/h1-8H,9-10H2,(H,22,26). The van der Waals surface area contributed by atoms with Crippen molar-refractivity contribution in [1.29, 1.82) is 0 Å². The Balaban J connectivity index is 1.42. The number of nitro benzene ring substituents is 1. The number of nitro groups is 1. The number of ether oxygens (including phenoxy) is 1. The molecule has 0 spiro atoms. The number of hydrogen-bond acceptors (Lipinski definition) is 9. The maximum Gasteiger partial charge on any atom is 0.328 e. The summed E-state index contributed by atoms with van der Waals surface area (Å²) in [6.07, 6.45) is 0. The van der Waals surface area contributed by atoms with Gasteiger partial charge in [0.2, 0.25) is 5.89 Å². The van der Waals surface area contributed by atoms with Crippen LogP contribution in [0.5, 0.6) is 0 Å². The number of aromatic amines is 1. The van der Waals surface area contributed by atoms with Crippen LogP contribution in [0.25, 0.3) is 22.2 Å². The Kier molecular flexibility index (Phi) is 5.10. The third-order valence-corrected chi connectivity index (χ3v) is 4.32. The lowest BCUT2D eigenvalue weighted by atomic mass is 10.2. The quantitative estimate of drug-likeness (QED) is 0.274. The van der Waals surface area contributed by atoms with Crippen LogP contribution in [-0.2, 0) is 22.7 Å². The van der Waals surface area contributed by atoms with E-state index in [0.717, 1.165) is 4.68 Å². The van der Waals surface area contributed by atoms with Crippen LogP contribution in [0.15, 0.2) is 62.5 Å². The van der Waals surface area contributed by atoms with Crippen LogP contribution in [0.3, 0.4) is 0 Å². The van der Waals surface area contributed by atoms with E-state index in [1.165, 1.54) is 36.4 Å². The molecule has 0 saturated carbocycles. The molecule has 12 nitrogen and oxygen atoms in total. The molecule has 12 heteroatoms. The van der Waals surface area contributed by atoms with Crippen LogP contribution in [0.4, 0.5) is 5.69 Å². The minimum absolute atomic E-state index is 0.0129. The molecule has 2 aromatic carbocycles. The van der Waals surface area contributed by atoms with Crippen LogP contribution in [0.1, 0.15) is 5.89 Å². The number of fused-ring (bicyclic) bond motifs is 1. The second kappa shape index (κ2) is 8.02. The molecule has 0 aliphatic carbocycles. The molecule has 2 heterocycles. The van der Waals surface area contributed by atoms with Gasteiger partial charge in [-0.25, -0.2) is 4.68 Å². The Morgan fingerprint density at radius 2 is 1.81 bits per heavy atom. The van der Waals surface area contributed by atoms with E-state index < -0.39 is 28.6 Å². The molecule has 31 heavy (non-hydrogen) atoms. The fourth-order valence-corrected chi connectivity index (χ4v) is 2.83. The average molecular weight is 423 g/mol. The minimum atomic E-state index is -0.803. The highest BCUT2D eigenvalue weighted by Crippen LogP contribution is 2.21. The number of H-pyrrole nitrogens is 1. The van der Waals surface area contributed by atoms with E-state index in [9.17, 15) is 24.5 Å². The van der Waals surface area contributed by atoms with E-state index in [1.807, 2.05) is 0 Å². The topological polar surface area (TPSA) is 163 Å². The predicted octanol–water partition coefficient (Wildman–Crippen LogP) is 1.39. The van der Waals surface area contributed by atoms with Crippen molar-refractivity contribution in [1.82, 2.24) is 20.0 Å². The van der Waals surface area contributed by atoms with E-state index in [4.69, 9.17) is 9.15 Å². The largest absolute Gasteiger partial charge is 0.454 e. The highest BCUT2D eigenvalue weighted by atomic mass is 16.6. The molecule has 0 amide bonds. The van der Waals surface area contributed by atoms with Crippen molar-refractivity contribution < 1.29 is 18.9 Å². The molecule has 0 unspecified atom stereocenters. The number of esters is 1. The van der Waals surface area contributed by atoms with Gasteiger partial charge < -0.3 is 9.15 Å². The Hall–Kier alpha value is -4.61. The van der Waals surface area contributed by atoms with Crippen molar-refractivity contribution in [3.8, 4) is 11.5 Å². The first kappa shape index (κ1) is 19.7. The molecular formula is C19H13N5O7. The van der Waals surface area contributed by atoms with E-state index in [-0.39, 0.29) is 34.8 Å². The summed E-state index contributed by atoms with van der Waals surface area (Å²) < 4.78 is 11.3. The van der Waals surface area contributed by atoms with Crippen molar-refractivity contribution in [2.45, 2.75) is 13.2 Å². The minimum Gasteiger partial charge on any atom is -0.454 e. The lowest BCUT2D eigenvalue weighted by Crippen LogP contribution is -2.32. The zero-order valence-corrected chi connectivity index (χ0v) is 15.7. The van der Waals surface area contributed by atoms with Crippen LogP contribution < -0.4 is 11.1 Å². The zero-order valence-electron chi connectivity index (χ0n) is 15.7. The number of rotatable bonds is 6. The molecule has 4 aromatic rings. The molecule has 0 radical (unpaired) electrons. The van der Waals surface area contributed by atoms with E-state index in [0.29, 0.717) is 5.56 Å². The Morgan fingerprint density at radius 3 is 2.52 bits per heavy atom. The van der Waals surface area contributed by atoms with Crippen LogP contribution in [0.2, 0.25) is 0 Å². The molecule has 0 atom stereocenters. The molecular weight excluding hydrogens is 410 g/mol. The first-order chi connectivity index (χ1) is 14.9. The second-order valence-corrected chi connectivity index (χ2v) is 6.34. The summed E-state index contributed by atoms with van der Waals surface area (Å²) in [4.78, 5) is 46.8. The fourth-order valence-electron chi connectivity index (χ4n) is 2.83. The summed E-state index contributed by atoms with van der Waals surface area (Å²) in [6.45, 7) is -0.867. The SMILES string of the molecule is O=C(Cn1[nH]c(=O)c2ccccc2c1=O)OCc1nnc(-c2ccc([N+](=O)[O-])cc2)o1. The van der Waals surface area contributed by atoms with Gasteiger partial charge in [0.1, 0.15) is 6.54 Å². The molecule has 1 N–H and O–H groups in total. The zero-order chi connectivity index (χ0) is 22.0. The van der Waals surface area contributed by atoms with Crippen LogP contribution >= 0.6 is 0 Å². The monoisotopic (exact) mass is 423 g/mol. The van der Waals surface area contributed by atoms with Crippen molar-refractivity contribution >= 4 is 22.4 Å². The Morgan fingerprint density at radius 1 is 1.10 bits per heavy atom. The average Bonchev–Trinajstić information content (AvgIpc) is 3.25. The third-order valence-electron chi connectivity index (χ3n) is 4.32. The molecule has 4 rings (SSSR count). The summed E-state index contributed by atoms with van der Waals surface area (Å²) in [7, 11) is 0. The molecule has 2 aromatic heterocycles. The third kappa shape index (κ3) is 4.07. The summed E-state index contributed by atoms with van der Waals surface area (Å²) in [5, 5.41) is 21.0. The number of benzene rings is 2. The summed E-state index contributed by atoms with van der Waals surface area (Å²) in [5.41, 5.74) is -0.673. The number of carbonyl (C=O) groups is 1. The molecule has 0 bridgehead atoms. The molecule has 0 aliphatic rings. The van der Waals surface area contributed by atoms with Gasteiger partial charge in [-0.2, -0.15) is 0 Å². The second-order valence-electron chi connectivity index (χ2n) is 6.34. The fraction of sp³-hybridized carbons (Fsp3) is 0.105. The predicted molar refractivity (Wildman–Crippen MR) is 105 cm³/mol. The lowest BCUT2D eigenvalue weighted by Gasteiger charge is -2.06. The Bertz CT molecular complexity index is 1400. The highest BCUT2D eigenvalue weighted by Gasteiger charge is 2.14. The van der Waals surface area contributed by atoms with Crippen molar-refractivity contribution in [2.24, 2.45) is 0 Å². The van der Waals surface area contributed by atoms with Gasteiger partial charge in [0, 0.05) is 17.7 Å². The number of non-ortho nitro benzene ring substituents is 1. The van der Waals surface area contributed by atoms with Gasteiger partial charge in [-0.3, -0.25) is 29.6 Å². The number of carbonyl (C=O) groups excluding carboxylic acids is 1.